The smallest absolute Gasteiger partial charge is 0.410 e. The van der Waals surface area contributed by atoms with E-state index in [1.807, 2.05) is 32.6 Å². The first-order valence-electron chi connectivity index (χ1n) is 7.03. The van der Waals surface area contributed by atoms with Crippen LogP contribution >= 0.6 is 0 Å². The van der Waals surface area contributed by atoms with Crippen molar-refractivity contribution in [2.45, 2.75) is 64.6 Å². The normalized spacial score (nSPS) is 32.1. The molecule has 2 saturated heterocycles. The van der Waals surface area contributed by atoms with Gasteiger partial charge >= 0.3 is 6.09 Å². The topological polar surface area (TPSA) is 55.6 Å². The molecule has 3 rings (SSSR count). The van der Waals surface area contributed by atoms with Crippen molar-refractivity contribution >= 4 is 6.09 Å². The summed E-state index contributed by atoms with van der Waals surface area (Å²) in [6.45, 7) is 8.67. The van der Waals surface area contributed by atoms with Crippen LogP contribution in [0.15, 0.2) is 0 Å². The lowest BCUT2D eigenvalue weighted by molar-refractivity contribution is 0.0195. The molecule has 0 radical (unpaired) electrons. The van der Waals surface area contributed by atoms with Crippen molar-refractivity contribution < 1.29 is 9.53 Å². The summed E-state index contributed by atoms with van der Waals surface area (Å²) in [6, 6.07) is 0.670. The quantitative estimate of drug-likeness (QED) is 0.841. The van der Waals surface area contributed by atoms with Crippen LogP contribution in [0.4, 0.5) is 4.79 Å². The van der Waals surface area contributed by atoms with Gasteiger partial charge in [-0.05, 0) is 58.8 Å². The molecule has 2 heterocycles. The fourth-order valence-electron chi connectivity index (χ4n) is 3.15. The molecule has 2 aliphatic heterocycles. The van der Waals surface area contributed by atoms with Crippen LogP contribution in [-0.4, -0.2) is 35.2 Å². The first-order valence-corrected chi connectivity index (χ1v) is 7.03. The first-order chi connectivity index (χ1) is 8.28. The average Bonchev–Trinajstić information content (AvgIpc) is 2.71. The maximum atomic E-state index is 12.1. The number of ether oxygens (including phenoxy) is 1. The Hall–Kier alpha value is -0.770. The Labute approximate surface area is 110 Å². The van der Waals surface area contributed by atoms with Gasteiger partial charge in [-0.25, -0.2) is 4.79 Å². The second kappa shape index (κ2) is 4.72. The van der Waals surface area contributed by atoms with Gasteiger partial charge in [0.05, 0.1) is 0 Å². The third kappa shape index (κ3) is 2.79. The molecule has 3 fully saturated rings. The van der Waals surface area contributed by atoms with Gasteiger partial charge in [0.1, 0.15) is 5.60 Å². The van der Waals surface area contributed by atoms with Gasteiger partial charge in [0.25, 0.3) is 0 Å². The lowest BCUT2D eigenvalue weighted by atomic mass is 9.71. The highest BCUT2D eigenvalue weighted by atomic mass is 16.6. The van der Waals surface area contributed by atoms with E-state index >= 15 is 0 Å². The molecule has 2 unspecified atom stereocenters. The number of hydrogen-bond donors (Lipinski definition) is 1. The number of hydrogen-bond acceptors (Lipinski definition) is 3. The van der Waals surface area contributed by atoms with Crippen LogP contribution in [0.25, 0.3) is 0 Å². The summed E-state index contributed by atoms with van der Waals surface area (Å²) >= 11 is 0. The molecule has 0 aromatic carbocycles. The number of carbonyl (C=O) groups is 1. The van der Waals surface area contributed by atoms with Crippen molar-refractivity contribution in [3.05, 3.63) is 0 Å². The molecule has 0 aromatic heterocycles. The summed E-state index contributed by atoms with van der Waals surface area (Å²) in [4.78, 5) is 14.0. The van der Waals surface area contributed by atoms with Gasteiger partial charge < -0.3 is 15.4 Å². The highest BCUT2D eigenvalue weighted by Gasteiger charge is 2.53. The van der Waals surface area contributed by atoms with Crippen LogP contribution in [0.3, 0.4) is 0 Å². The SMILES string of the molecule is CC(N)CCC1[C@H]2C[C@@H]1N(C(=O)OC(C)(C)C)C2. The molecule has 18 heavy (non-hydrogen) atoms. The molecule has 1 saturated carbocycles. The fourth-order valence-corrected chi connectivity index (χ4v) is 3.15. The summed E-state index contributed by atoms with van der Waals surface area (Å²) in [7, 11) is 0. The minimum atomic E-state index is -0.397. The second-order valence-electron chi connectivity index (χ2n) is 6.91. The maximum absolute atomic E-state index is 12.1. The van der Waals surface area contributed by atoms with Gasteiger partial charge in [0.2, 0.25) is 0 Å². The predicted octanol–water partition coefficient (Wildman–Crippen LogP) is 2.37. The number of nitrogens with zero attached hydrogens (tertiary/aromatic N) is 1. The monoisotopic (exact) mass is 254 g/mol. The van der Waals surface area contributed by atoms with Crippen LogP contribution in [-0.2, 0) is 4.74 Å². The molecule has 4 atom stereocenters. The summed E-state index contributed by atoms with van der Waals surface area (Å²) in [5, 5.41) is 0. The number of rotatable bonds is 3. The van der Waals surface area contributed by atoms with Crippen molar-refractivity contribution in [2.75, 3.05) is 6.54 Å². The first kappa shape index (κ1) is 13.7. The zero-order valence-electron chi connectivity index (χ0n) is 12.0. The van der Waals surface area contributed by atoms with Crippen molar-refractivity contribution in [3.8, 4) is 0 Å². The van der Waals surface area contributed by atoms with E-state index in [4.69, 9.17) is 10.5 Å². The van der Waals surface area contributed by atoms with Crippen molar-refractivity contribution in [2.24, 2.45) is 17.6 Å². The fraction of sp³-hybridized carbons (Fsp3) is 0.929. The van der Waals surface area contributed by atoms with Crippen molar-refractivity contribution in [1.82, 2.24) is 4.90 Å². The van der Waals surface area contributed by atoms with Crippen LogP contribution in [0.2, 0.25) is 0 Å². The number of carbonyl (C=O) groups excluding carboxylic acids is 1. The summed E-state index contributed by atoms with van der Waals surface area (Å²) in [5.74, 6) is 1.34. The average molecular weight is 254 g/mol. The Balaban J connectivity index is 1.86. The zero-order valence-corrected chi connectivity index (χ0v) is 12.0. The number of fused-ring (bicyclic) bond motifs is 1. The molecule has 104 valence electrons. The molecule has 3 aliphatic rings. The summed E-state index contributed by atoms with van der Waals surface area (Å²) < 4.78 is 5.45. The van der Waals surface area contributed by atoms with Crippen LogP contribution in [0.5, 0.6) is 0 Å². The lowest BCUT2D eigenvalue weighted by Crippen LogP contribution is -2.43. The van der Waals surface area contributed by atoms with Gasteiger partial charge in [0.15, 0.2) is 0 Å². The van der Waals surface area contributed by atoms with Crippen LogP contribution < -0.4 is 5.73 Å². The molecular formula is C14H26N2O2. The Morgan fingerprint density at radius 1 is 1.50 bits per heavy atom. The molecule has 4 nitrogen and oxygen atoms in total. The summed E-state index contributed by atoms with van der Waals surface area (Å²) in [5.41, 5.74) is 5.41. The van der Waals surface area contributed by atoms with E-state index in [2.05, 4.69) is 0 Å². The van der Waals surface area contributed by atoms with Crippen LogP contribution in [0.1, 0.15) is 47.0 Å². The molecule has 4 heteroatoms. The van der Waals surface area contributed by atoms with E-state index in [9.17, 15) is 4.79 Å². The molecule has 1 aliphatic carbocycles. The Morgan fingerprint density at radius 2 is 2.17 bits per heavy atom. The van der Waals surface area contributed by atoms with Gasteiger partial charge in [0, 0.05) is 18.6 Å². The van der Waals surface area contributed by atoms with E-state index in [0.717, 1.165) is 25.8 Å². The molecular weight excluding hydrogens is 228 g/mol. The van der Waals surface area contributed by atoms with Crippen molar-refractivity contribution in [1.29, 1.82) is 0 Å². The molecule has 0 aromatic rings. The van der Waals surface area contributed by atoms with E-state index < -0.39 is 5.60 Å². The second-order valence-corrected chi connectivity index (χ2v) is 6.91. The largest absolute Gasteiger partial charge is 0.444 e. The van der Waals surface area contributed by atoms with Gasteiger partial charge in [-0.2, -0.15) is 0 Å². The van der Waals surface area contributed by atoms with E-state index in [-0.39, 0.29) is 12.1 Å². The molecule has 0 spiro atoms. The zero-order chi connectivity index (χ0) is 13.5. The minimum Gasteiger partial charge on any atom is -0.444 e. The highest BCUT2D eigenvalue weighted by Crippen LogP contribution is 2.48. The molecule has 2 bridgehead atoms. The highest BCUT2D eigenvalue weighted by molar-refractivity contribution is 5.69. The molecule has 1 amide bonds. The third-order valence-corrected chi connectivity index (χ3v) is 4.06. The number of nitrogens with two attached hydrogens (primary N) is 1. The number of amides is 1. The van der Waals surface area contributed by atoms with E-state index in [1.54, 1.807) is 0 Å². The predicted molar refractivity (Wildman–Crippen MR) is 71.2 cm³/mol. The Kier molecular flexibility index (Phi) is 3.58. The Morgan fingerprint density at radius 3 is 2.72 bits per heavy atom. The maximum Gasteiger partial charge on any atom is 0.410 e. The molecule has 2 N–H and O–H groups in total. The van der Waals surface area contributed by atoms with Crippen LogP contribution in [0, 0.1) is 11.8 Å². The lowest BCUT2D eigenvalue weighted by Gasteiger charge is -2.37. The van der Waals surface area contributed by atoms with E-state index in [1.165, 1.54) is 0 Å². The van der Waals surface area contributed by atoms with Crippen molar-refractivity contribution in [3.63, 3.8) is 0 Å². The third-order valence-electron chi connectivity index (χ3n) is 4.06. The standard InChI is InChI=1S/C14H26N2O2/c1-9(15)5-6-11-10-7-12(11)16(8-10)13(17)18-14(2,3)4/h9-12H,5-8,15H2,1-4H3/t9?,10-,11?,12-/m0/s1. The summed E-state index contributed by atoms with van der Waals surface area (Å²) in [6.07, 6.45) is 3.22. The van der Waals surface area contributed by atoms with Gasteiger partial charge in [-0.15, -0.1) is 0 Å². The Bertz CT molecular complexity index is 322. The van der Waals surface area contributed by atoms with Gasteiger partial charge in [-0.3, -0.25) is 0 Å². The van der Waals surface area contributed by atoms with E-state index in [0.29, 0.717) is 17.9 Å². The van der Waals surface area contributed by atoms with Gasteiger partial charge in [-0.1, -0.05) is 0 Å². The minimum absolute atomic E-state index is 0.140.